The maximum atomic E-state index is 12.1. The van der Waals surface area contributed by atoms with Crippen LogP contribution in [-0.2, 0) is 16.6 Å². The van der Waals surface area contributed by atoms with Gasteiger partial charge in [-0.05, 0) is 25.7 Å². The smallest absolute Gasteiger partial charge is 0.299 e. The summed E-state index contributed by atoms with van der Waals surface area (Å²) in [6.45, 7) is 3.14. The topological polar surface area (TPSA) is 81.5 Å². The van der Waals surface area contributed by atoms with Gasteiger partial charge in [0.25, 0.3) is 11.6 Å². The SMILES string of the molecule is COc1nc(C)cc(=O)n1CC1CCCN(S(C)(=O)=O)C1. The van der Waals surface area contributed by atoms with Gasteiger partial charge in [-0.1, -0.05) is 0 Å². The van der Waals surface area contributed by atoms with Gasteiger partial charge in [0.05, 0.1) is 13.4 Å². The average molecular weight is 315 g/mol. The fourth-order valence-electron chi connectivity index (χ4n) is 2.65. The van der Waals surface area contributed by atoms with Crippen molar-refractivity contribution in [2.45, 2.75) is 26.3 Å². The zero-order chi connectivity index (χ0) is 15.6. The predicted octanol–water partition coefficient (Wildman–Crippen LogP) is 0.232. The van der Waals surface area contributed by atoms with Crippen LogP contribution in [0.5, 0.6) is 6.01 Å². The zero-order valence-corrected chi connectivity index (χ0v) is 13.4. The van der Waals surface area contributed by atoms with Crippen LogP contribution in [0.15, 0.2) is 10.9 Å². The van der Waals surface area contributed by atoms with Crippen LogP contribution in [0.25, 0.3) is 0 Å². The molecule has 1 unspecified atom stereocenters. The molecule has 1 aliphatic heterocycles. The summed E-state index contributed by atoms with van der Waals surface area (Å²) in [6.07, 6.45) is 2.90. The van der Waals surface area contributed by atoms with E-state index in [4.69, 9.17) is 4.74 Å². The fraction of sp³-hybridized carbons (Fsp3) is 0.692. The van der Waals surface area contributed by atoms with Crippen LogP contribution >= 0.6 is 0 Å². The van der Waals surface area contributed by atoms with E-state index in [0.29, 0.717) is 25.3 Å². The van der Waals surface area contributed by atoms with E-state index in [9.17, 15) is 13.2 Å². The van der Waals surface area contributed by atoms with E-state index in [1.54, 1.807) is 6.92 Å². The van der Waals surface area contributed by atoms with Crippen molar-refractivity contribution in [2.24, 2.45) is 5.92 Å². The van der Waals surface area contributed by atoms with Crippen LogP contribution in [0, 0.1) is 12.8 Å². The molecule has 0 spiro atoms. The quantitative estimate of drug-likeness (QED) is 0.794. The molecule has 21 heavy (non-hydrogen) atoms. The summed E-state index contributed by atoms with van der Waals surface area (Å²) in [5, 5.41) is 0. The van der Waals surface area contributed by atoms with Crippen LogP contribution in [0.1, 0.15) is 18.5 Å². The minimum Gasteiger partial charge on any atom is -0.468 e. The van der Waals surface area contributed by atoms with Gasteiger partial charge in [-0.15, -0.1) is 0 Å². The predicted molar refractivity (Wildman–Crippen MR) is 78.9 cm³/mol. The van der Waals surface area contributed by atoms with Gasteiger partial charge >= 0.3 is 0 Å². The van der Waals surface area contributed by atoms with E-state index in [1.165, 1.54) is 28.3 Å². The normalized spacial score (nSPS) is 20.4. The van der Waals surface area contributed by atoms with Gasteiger partial charge in [-0.3, -0.25) is 9.36 Å². The molecule has 1 fully saturated rings. The highest BCUT2D eigenvalue weighted by Gasteiger charge is 2.27. The molecule has 0 N–H and O–H groups in total. The number of hydrogen-bond acceptors (Lipinski definition) is 5. The molecule has 0 radical (unpaired) electrons. The van der Waals surface area contributed by atoms with Gasteiger partial charge in [-0.25, -0.2) is 17.7 Å². The maximum absolute atomic E-state index is 12.1. The van der Waals surface area contributed by atoms with Crippen molar-refractivity contribution in [2.75, 3.05) is 26.5 Å². The first-order valence-electron chi connectivity index (χ1n) is 6.89. The van der Waals surface area contributed by atoms with Crippen molar-refractivity contribution in [1.29, 1.82) is 0 Å². The number of methoxy groups -OCH3 is 1. The Morgan fingerprint density at radius 3 is 2.81 bits per heavy atom. The molecule has 118 valence electrons. The number of aryl methyl sites for hydroxylation is 1. The molecular formula is C13H21N3O4S. The number of ether oxygens (including phenoxy) is 1. The van der Waals surface area contributed by atoms with Crippen LogP contribution < -0.4 is 10.3 Å². The number of hydrogen-bond donors (Lipinski definition) is 0. The number of rotatable bonds is 4. The van der Waals surface area contributed by atoms with Crippen LogP contribution in [0.4, 0.5) is 0 Å². The molecule has 8 heteroatoms. The Morgan fingerprint density at radius 2 is 2.19 bits per heavy atom. The molecule has 0 saturated carbocycles. The largest absolute Gasteiger partial charge is 0.468 e. The summed E-state index contributed by atoms with van der Waals surface area (Å²) >= 11 is 0. The number of nitrogens with zero attached hydrogens (tertiary/aromatic N) is 3. The van der Waals surface area contributed by atoms with Gasteiger partial charge in [0.15, 0.2) is 0 Å². The molecule has 1 atom stereocenters. The Bertz CT molecular complexity index is 668. The minimum absolute atomic E-state index is 0.0876. The van der Waals surface area contributed by atoms with Gasteiger partial charge < -0.3 is 4.74 Å². The van der Waals surface area contributed by atoms with E-state index in [1.807, 2.05) is 0 Å². The van der Waals surface area contributed by atoms with Crippen molar-refractivity contribution in [3.8, 4) is 6.01 Å². The summed E-state index contributed by atoms with van der Waals surface area (Å²) in [4.78, 5) is 16.3. The van der Waals surface area contributed by atoms with Crippen molar-refractivity contribution < 1.29 is 13.2 Å². The van der Waals surface area contributed by atoms with Crippen LogP contribution in [0.2, 0.25) is 0 Å². The second kappa shape index (κ2) is 6.15. The van der Waals surface area contributed by atoms with E-state index in [0.717, 1.165) is 12.8 Å². The Labute approximate surface area is 124 Å². The van der Waals surface area contributed by atoms with Crippen LogP contribution in [-0.4, -0.2) is 48.7 Å². The summed E-state index contributed by atoms with van der Waals surface area (Å²) in [5.41, 5.74) is 0.435. The lowest BCUT2D eigenvalue weighted by Gasteiger charge is -2.31. The van der Waals surface area contributed by atoms with Gasteiger partial charge in [0.1, 0.15) is 0 Å². The van der Waals surface area contributed by atoms with Gasteiger partial charge in [-0.2, -0.15) is 0 Å². The van der Waals surface area contributed by atoms with Crippen molar-refractivity contribution in [3.05, 3.63) is 22.1 Å². The lowest BCUT2D eigenvalue weighted by atomic mass is 9.99. The molecule has 0 amide bonds. The highest BCUT2D eigenvalue weighted by atomic mass is 32.2. The molecule has 2 rings (SSSR count). The van der Waals surface area contributed by atoms with Gasteiger partial charge in [0.2, 0.25) is 10.0 Å². The molecule has 1 aliphatic rings. The lowest BCUT2D eigenvalue weighted by Crippen LogP contribution is -2.41. The minimum atomic E-state index is -3.18. The third-order valence-corrected chi connectivity index (χ3v) is 4.95. The zero-order valence-electron chi connectivity index (χ0n) is 12.6. The first-order valence-corrected chi connectivity index (χ1v) is 8.73. The highest BCUT2D eigenvalue weighted by molar-refractivity contribution is 7.88. The van der Waals surface area contributed by atoms with E-state index >= 15 is 0 Å². The Morgan fingerprint density at radius 1 is 1.48 bits per heavy atom. The molecule has 0 aromatic carbocycles. The Hall–Kier alpha value is -1.41. The second-order valence-electron chi connectivity index (χ2n) is 5.46. The summed E-state index contributed by atoms with van der Waals surface area (Å²) in [6, 6.07) is 1.73. The molecular weight excluding hydrogens is 294 g/mol. The number of sulfonamides is 1. The van der Waals surface area contributed by atoms with Crippen molar-refractivity contribution in [3.63, 3.8) is 0 Å². The third kappa shape index (κ3) is 3.82. The first kappa shape index (κ1) is 16.0. The lowest BCUT2D eigenvalue weighted by molar-refractivity contribution is 0.233. The highest BCUT2D eigenvalue weighted by Crippen LogP contribution is 2.21. The van der Waals surface area contributed by atoms with Crippen molar-refractivity contribution >= 4 is 10.0 Å². The van der Waals surface area contributed by atoms with Gasteiger partial charge in [0, 0.05) is 31.4 Å². The molecule has 2 heterocycles. The molecule has 1 saturated heterocycles. The third-order valence-electron chi connectivity index (χ3n) is 3.68. The molecule has 1 aromatic heterocycles. The first-order chi connectivity index (χ1) is 9.81. The number of aromatic nitrogens is 2. The average Bonchev–Trinajstić information content (AvgIpc) is 2.41. The second-order valence-corrected chi connectivity index (χ2v) is 7.44. The van der Waals surface area contributed by atoms with E-state index in [2.05, 4.69) is 4.98 Å². The van der Waals surface area contributed by atoms with Crippen molar-refractivity contribution in [1.82, 2.24) is 13.9 Å². The summed E-state index contributed by atoms with van der Waals surface area (Å²) in [7, 11) is -1.71. The molecule has 7 nitrogen and oxygen atoms in total. The number of piperidine rings is 1. The van der Waals surface area contributed by atoms with E-state index < -0.39 is 10.0 Å². The molecule has 1 aromatic rings. The molecule has 0 aliphatic carbocycles. The monoisotopic (exact) mass is 315 g/mol. The standard InChI is InChI=1S/C13H21N3O4S/c1-10-7-12(17)16(13(14-10)20-2)9-11-5-4-6-15(8-11)21(3,18)19/h7,11H,4-6,8-9H2,1-3H3. The fourth-order valence-corrected chi connectivity index (χ4v) is 3.60. The summed E-state index contributed by atoms with van der Waals surface area (Å²) in [5.74, 6) is 0.0876. The maximum Gasteiger partial charge on any atom is 0.299 e. The molecule has 0 bridgehead atoms. The Balaban J connectivity index is 2.21. The van der Waals surface area contributed by atoms with E-state index in [-0.39, 0.29) is 17.5 Å². The Kier molecular flexibility index (Phi) is 4.67. The van der Waals surface area contributed by atoms with Crippen LogP contribution in [0.3, 0.4) is 0 Å². The summed E-state index contributed by atoms with van der Waals surface area (Å²) < 4.78 is 31.4.